The van der Waals surface area contributed by atoms with Gasteiger partial charge in [0.2, 0.25) is 5.91 Å². The minimum atomic E-state index is -0.185. The average Bonchev–Trinajstić information content (AvgIpc) is 2.36. The molecule has 1 aromatic rings. The molecule has 0 aliphatic rings. The highest BCUT2D eigenvalue weighted by molar-refractivity contribution is 5.94. The van der Waals surface area contributed by atoms with E-state index in [2.05, 4.69) is 5.32 Å². The summed E-state index contributed by atoms with van der Waals surface area (Å²) >= 11 is 0. The van der Waals surface area contributed by atoms with Crippen molar-refractivity contribution in [1.82, 2.24) is 4.90 Å². The van der Waals surface area contributed by atoms with Crippen molar-refractivity contribution in [3.8, 4) is 5.75 Å². The summed E-state index contributed by atoms with van der Waals surface area (Å²) in [6.45, 7) is 2.09. The van der Waals surface area contributed by atoms with Crippen LogP contribution in [0.4, 0.5) is 5.69 Å². The molecule has 0 aliphatic heterocycles. The number of nitrogens with one attached hydrogen (secondary N) is 1. The van der Waals surface area contributed by atoms with E-state index in [4.69, 9.17) is 9.84 Å². The van der Waals surface area contributed by atoms with Crippen molar-refractivity contribution < 1.29 is 14.6 Å². The molecule has 1 aromatic carbocycles. The predicted octanol–water partition coefficient (Wildman–Crippen LogP) is 0.946. The maximum absolute atomic E-state index is 11.8. The van der Waals surface area contributed by atoms with Crippen molar-refractivity contribution in [2.24, 2.45) is 0 Å². The lowest BCUT2D eigenvalue weighted by Crippen LogP contribution is -2.37. The number of carbonyl (C=O) groups is 1. The van der Waals surface area contributed by atoms with Gasteiger partial charge in [-0.1, -0.05) is 0 Å². The Kier molecular flexibility index (Phi) is 5.61. The van der Waals surface area contributed by atoms with Gasteiger partial charge in [0.15, 0.2) is 0 Å². The Bertz CT molecular complexity index is 376. The van der Waals surface area contributed by atoms with Gasteiger partial charge in [0.25, 0.3) is 0 Å². The van der Waals surface area contributed by atoms with Crippen LogP contribution in [0.1, 0.15) is 6.92 Å². The zero-order valence-corrected chi connectivity index (χ0v) is 11.0. The molecule has 2 N–H and O–H groups in total. The standard InChI is InChI=1S/C13H20N2O3/c1-10(15(2)3)13(17)14-11-4-6-12(7-5-11)18-9-8-16/h4-7,10,16H,8-9H2,1-3H3,(H,14,17)/t10-/m0/s1. The number of amides is 1. The van der Waals surface area contributed by atoms with Gasteiger partial charge in [-0.25, -0.2) is 0 Å². The number of benzene rings is 1. The Morgan fingerprint density at radius 2 is 2.00 bits per heavy atom. The molecule has 0 aliphatic carbocycles. The third-order valence-electron chi connectivity index (χ3n) is 2.64. The van der Waals surface area contributed by atoms with E-state index in [9.17, 15) is 4.79 Å². The van der Waals surface area contributed by atoms with Crippen LogP contribution in [-0.2, 0) is 4.79 Å². The van der Waals surface area contributed by atoms with Gasteiger partial charge in [-0.05, 0) is 45.3 Å². The number of rotatable bonds is 6. The molecule has 1 atom stereocenters. The zero-order valence-electron chi connectivity index (χ0n) is 11.0. The first-order valence-corrected chi connectivity index (χ1v) is 5.85. The molecule has 0 saturated heterocycles. The van der Waals surface area contributed by atoms with Crippen LogP contribution in [0, 0.1) is 0 Å². The largest absolute Gasteiger partial charge is 0.491 e. The fourth-order valence-corrected chi connectivity index (χ4v) is 1.28. The summed E-state index contributed by atoms with van der Waals surface area (Å²) in [5.74, 6) is 0.617. The van der Waals surface area contributed by atoms with Crippen LogP contribution in [0.3, 0.4) is 0 Å². The van der Waals surface area contributed by atoms with Crippen molar-refractivity contribution in [3.63, 3.8) is 0 Å². The van der Waals surface area contributed by atoms with Crippen molar-refractivity contribution >= 4 is 11.6 Å². The van der Waals surface area contributed by atoms with Gasteiger partial charge in [0.1, 0.15) is 12.4 Å². The number of aliphatic hydroxyl groups excluding tert-OH is 1. The fraction of sp³-hybridized carbons (Fsp3) is 0.462. The lowest BCUT2D eigenvalue weighted by molar-refractivity contribution is -0.119. The summed E-state index contributed by atoms with van der Waals surface area (Å²) < 4.78 is 5.23. The highest BCUT2D eigenvalue weighted by Crippen LogP contribution is 2.15. The van der Waals surface area contributed by atoms with Crippen LogP contribution in [0.15, 0.2) is 24.3 Å². The second kappa shape index (κ2) is 6.98. The summed E-state index contributed by atoms with van der Waals surface area (Å²) in [6, 6.07) is 6.87. The number of anilines is 1. The first kappa shape index (κ1) is 14.5. The molecule has 0 radical (unpaired) electrons. The molecule has 5 heteroatoms. The van der Waals surface area contributed by atoms with E-state index in [0.717, 1.165) is 5.69 Å². The van der Waals surface area contributed by atoms with E-state index in [1.165, 1.54) is 0 Å². The predicted molar refractivity (Wildman–Crippen MR) is 70.8 cm³/mol. The zero-order chi connectivity index (χ0) is 13.5. The quantitative estimate of drug-likeness (QED) is 0.791. The van der Waals surface area contributed by atoms with Crippen LogP contribution in [0.2, 0.25) is 0 Å². The monoisotopic (exact) mass is 252 g/mol. The van der Waals surface area contributed by atoms with Gasteiger partial charge in [-0.15, -0.1) is 0 Å². The maximum atomic E-state index is 11.8. The number of hydrogen-bond donors (Lipinski definition) is 2. The van der Waals surface area contributed by atoms with Crippen LogP contribution < -0.4 is 10.1 Å². The summed E-state index contributed by atoms with van der Waals surface area (Å²) in [7, 11) is 3.71. The first-order valence-electron chi connectivity index (χ1n) is 5.85. The second-order valence-electron chi connectivity index (χ2n) is 4.23. The Balaban J connectivity index is 2.55. The molecular formula is C13H20N2O3. The van der Waals surface area contributed by atoms with Crippen molar-refractivity contribution in [1.29, 1.82) is 0 Å². The Morgan fingerprint density at radius 3 is 2.50 bits per heavy atom. The lowest BCUT2D eigenvalue weighted by atomic mass is 10.2. The van der Waals surface area contributed by atoms with Crippen molar-refractivity contribution in [3.05, 3.63) is 24.3 Å². The highest BCUT2D eigenvalue weighted by atomic mass is 16.5. The smallest absolute Gasteiger partial charge is 0.241 e. The number of ether oxygens (including phenoxy) is 1. The van der Waals surface area contributed by atoms with Gasteiger partial charge in [-0.2, -0.15) is 0 Å². The first-order chi connectivity index (χ1) is 8.54. The number of aliphatic hydroxyl groups is 1. The van der Waals surface area contributed by atoms with Crippen molar-refractivity contribution in [2.45, 2.75) is 13.0 Å². The van der Waals surface area contributed by atoms with E-state index in [1.807, 2.05) is 25.9 Å². The SMILES string of the molecule is C[C@@H](C(=O)Nc1ccc(OCCO)cc1)N(C)C. The van der Waals surface area contributed by atoms with Gasteiger partial charge in [-0.3, -0.25) is 9.69 Å². The van der Waals surface area contributed by atoms with Crippen LogP contribution >= 0.6 is 0 Å². The topological polar surface area (TPSA) is 61.8 Å². The number of hydrogen-bond acceptors (Lipinski definition) is 4. The van der Waals surface area contributed by atoms with Crippen LogP contribution in [-0.4, -0.2) is 49.3 Å². The van der Waals surface area contributed by atoms with Gasteiger partial charge < -0.3 is 15.2 Å². The third-order valence-corrected chi connectivity index (χ3v) is 2.64. The molecule has 18 heavy (non-hydrogen) atoms. The molecule has 0 bridgehead atoms. The van der Waals surface area contributed by atoms with Gasteiger partial charge in [0.05, 0.1) is 12.6 Å². The van der Waals surface area contributed by atoms with Crippen molar-refractivity contribution in [2.75, 3.05) is 32.6 Å². The van der Waals surface area contributed by atoms with Gasteiger partial charge in [0, 0.05) is 5.69 Å². The summed E-state index contributed by atoms with van der Waals surface area (Å²) in [5, 5.41) is 11.4. The van der Waals surface area contributed by atoms with E-state index in [-0.39, 0.29) is 25.2 Å². The minimum absolute atomic E-state index is 0.0150. The molecule has 0 fully saturated rings. The molecule has 0 spiro atoms. The molecule has 1 rings (SSSR count). The average molecular weight is 252 g/mol. The summed E-state index contributed by atoms with van der Waals surface area (Å²) in [4.78, 5) is 13.6. The molecule has 5 nitrogen and oxygen atoms in total. The van der Waals surface area contributed by atoms with E-state index in [1.54, 1.807) is 24.3 Å². The molecule has 0 heterocycles. The molecule has 100 valence electrons. The Hall–Kier alpha value is -1.59. The van der Waals surface area contributed by atoms with E-state index < -0.39 is 0 Å². The molecule has 0 saturated carbocycles. The molecular weight excluding hydrogens is 232 g/mol. The Labute approximate surface area is 107 Å². The number of carbonyl (C=O) groups excluding carboxylic acids is 1. The summed E-state index contributed by atoms with van der Waals surface area (Å²) in [6.07, 6.45) is 0. The molecule has 0 aromatic heterocycles. The Morgan fingerprint density at radius 1 is 1.39 bits per heavy atom. The highest BCUT2D eigenvalue weighted by Gasteiger charge is 2.14. The van der Waals surface area contributed by atoms with E-state index >= 15 is 0 Å². The van der Waals surface area contributed by atoms with Crippen LogP contribution in [0.5, 0.6) is 5.75 Å². The lowest BCUT2D eigenvalue weighted by Gasteiger charge is -2.19. The fourth-order valence-electron chi connectivity index (χ4n) is 1.28. The second-order valence-corrected chi connectivity index (χ2v) is 4.23. The van der Waals surface area contributed by atoms with Crippen LogP contribution in [0.25, 0.3) is 0 Å². The minimum Gasteiger partial charge on any atom is -0.491 e. The normalized spacial score (nSPS) is 12.3. The van der Waals surface area contributed by atoms with E-state index in [0.29, 0.717) is 5.75 Å². The number of likely N-dealkylation sites (N-methyl/N-ethyl adjacent to an activating group) is 1. The maximum Gasteiger partial charge on any atom is 0.241 e. The molecule has 0 unspecified atom stereocenters. The van der Waals surface area contributed by atoms with Gasteiger partial charge >= 0.3 is 0 Å². The third kappa shape index (κ3) is 4.35. The number of nitrogens with zero attached hydrogens (tertiary/aromatic N) is 1. The summed E-state index contributed by atoms with van der Waals surface area (Å²) in [5.41, 5.74) is 0.727. The molecule has 1 amide bonds.